The molecular formula is C13H24N4O2S. The van der Waals surface area contributed by atoms with Gasteiger partial charge < -0.3 is 5.32 Å². The second-order valence-electron chi connectivity index (χ2n) is 5.72. The van der Waals surface area contributed by atoms with Crippen LogP contribution in [0.25, 0.3) is 0 Å². The molecule has 20 heavy (non-hydrogen) atoms. The SMILES string of the molecule is Cc1[nH]ncc1S(=O)(=O)N(CC1CCNCC1)C(C)C. The predicted molar refractivity (Wildman–Crippen MR) is 77.9 cm³/mol. The Morgan fingerprint density at radius 3 is 2.55 bits per heavy atom. The van der Waals surface area contributed by atoms with Crippen LogP contribution in [0.2, 0.25) is 0 Å². The van der Waals surface area contributed by atoms with Crippen LogP contribution in [0.5, 0.6) is 0 Å². The zero-order valence-electron chi connectivity index (χ0n) is 12.4. The first-order chi connectivity index (χ1) is 9.43. The molecule has 0 bridgehead atoms. The van der Waals surface area contributed by atoms with Crippen LogP contribution in [-0.4, -0.2) is 48.6 Å². The van der Waals surface area contributed by atoms with E-state index in [4.69, 9.17) is 0 Å². The van der Waals surface area contributed by atoms with Crippen molar-refractivity contribution in [1.29, 1.82) is 0 Å². The number of sulfonamides is 1. The summed E-state index contributed by atoms with van der Waals surface area (Å²) in [5.74, 6) is 0.431. The first kappa shape index (κ1) is 15.5. The van der Waals surface area contributed by atoms with Crippen LogP contribution in [0.1, 0.15) is 32.4 Å². The van der Waals surface area contributed by atoms with Crippen LogP contribution in [0, 0.1) is 12.8 Å². The predicted octanol–water partition coefficient (Wildman–Crippen LogP) is 1.12. The van der Waals surface area contributed by atoms with Gasteiger partial charge in [-0.25, -0.2) is 8.42 Å². The molecule has 6 nitrogen and oxygen atoms in total. The minimum absolute atomic E-state index is 0.0517. The van der Waals surface area contributed by atoms with Crippen LogP contribution in [0.3, 0.4) is 0 Å². The summed E-state index contributed by atoms with van der Waals surface area (Å²) in [5.41, 5.74) is 0.598. The molecule has 0 unspecified atom stereocenters. The molecule has 1 aromatic heterocycles. The fourth-order valence-electron chi connectivity index (χ4n) is 2.63. The number of aromatic nitrogens is 2. The van der Waals surface area contributed by atoms with Crippen molar-refractivity contribution >= 4 is 10.0 Å². The standard InChI is InChI=1S/C13H24N4O2S/c1-10(2)17(9-12-4-6-14-7-5-12)20(18,19)13-8-15-16-11(13)3/h8,10,12,14H,4-7,9H2,1-3H3,(H,15,16). The Balaban J connectivity index is 2.21. The van der Waals surface area contributed by atoms with E-state index in [1.807, 2.05) is 13.8 Å². The lowest BCUT2D eigenvalue weighted by Crippen LogP contribution is -2.42. The Morgan fingerprint density at radius 2 is 2.05 bits per heavy atom. The Hall–Kier alpha value is -0.920. The van der Waals surface area contributed by atoms with E-state index in [0.717, 1.165) is 25.9 Å². The van der Waals surface area contributed by atoms with Crippen LogP contribution in [0.15, 0.2) is 11.1 Å². The summed E-state index contributed by atoms with van der Waals surface area (Å²) in [6, 6.07) is -0.0517. The smallest absolute Gasteiger partial charge is 0.246 e. The number of nitrogens with one attached hydrogen (secondary N) is 2. The molecule has 1 aliphatic heterocycles. The van der Waals surface area contributed by atoms with Gasteiger partial charge in [0.2, 0.25) is 10.0 Å². The van der Waals surface area contributed by atoms with E-state index in [0.29, 0.717) is 23.1 Å². The molecule has 7 heteroatoms. The maximum absolute atomic E-state index is 12.8. The molecule has 0 saturated carbocycles. The number of H-pyrrole nitrogens is 1. The van der Waals surface area contributed by atoms with Crippen molar-refractivity contribution in [3.63, 3.8) is 0 Å². The fourth-order valence-corrected chi connectivity index (χ4v) is 4.46. The molecule has 2 heterocycles. The summed E-state index contributed by atoms with van der Waals surface area (Å²) in [6.45, 7) is 8.13. The summed E-state index contributed by atoms with van der Waals surface area (Å²) in [7, 11) is -3.47. The van der Waals surface area contributed by atoms with E-state index in [1.165, 1.54) is 6.20 Å². The average Bonchev–Trinajstić information content (AvgIpc) is 2.83. The number of aryl methyl sites for hydroxylation is 1. The number of aromatic amines is 1. The second kappa shape index (κ2) is 6.24. The molecule has 1 saturated heterocycles. The summed E-state index contributed by atoms with van der Waals surface area (Å²) in [4.78, 5) is 0.292. The maximum atomic E-state index is 12.8. The molecule has 1 fully saturated rings. The number of piperidine rings is 1. The quantitative estimate of drug-likeness (QED) is 0.854. The van der Waals surface area contributed by atoms with Gasteiger partial charge >= 0.3 is 0 Å². The largest absolute Gasteiger partial charge is 0.317 e. The van der Waals surface area contributed by atoms with Crippen molar-refractivity contribution < 1.29 is 8.42 Å². The third-order valence-corrected chi connectivity index (χ3v) is 6.00. The topological polar surface area (TPSA) is 78.1 Å². The lowest BCUT2D eigenvalue weighted by Gasteiger charge is -2.31. The molecule has 0 spiro atoms. The minimum Gasteiger partial charge on any atom is -0.317 e. The Bertz CT molecular complexity index is 532. The van der Waals surface area contributed by atoms with Gasteiger partial charge in [0.25, 0.3) is 0 Å². The monoisotopic (exact) mass is 300 g/mol. The van der Waals surface area contributed by atoms with Gasteiger partial charge in [-0.3, -0.25) is 5.10 Å². The van der Waals surface area contributed by atoms with Crippen molar-refractivity contribution in [2.45, 2.75) is 44.6 Å². The first-order valence-electron chi connectivity index (χ1n) is 7.15. The summed E-state index contributed by atoms with van der Waals surface area (Å²) >= 11 is 0. The molecular weight excluding hydrogens is 276 g/mol. The maximum Gasteiger partial charge on any atom is 0.246 e. The molecule has 0 atom stereocenters. The molecule has 0 amide bonds. The first-order valence-corrected chi connectivity index (χ1v) is 8.59. The molecule has 1 aromatic rings. The Morgan fingerprint density at radius 1 is 1.40 bits per heavy atom. The number of nitrogens with zero attached hydrogens (tertiary/aromatic N) is 2. The summed E-state index contributed by atoms with van der Waals surface area (Å²) < 4.78 is 27.2. The molecule has 2 N–H and O–H groups in total. The molecule has 0 aliphatic carbocycles. The lowest BCUT2D eigenvalue weighted by atomic mass is 9.98. The third kappa shape index (κ3) is 3.21. The number of rotatable bonds is 5. The van der Waals surface area contributed by atoms with E-state index >= 15 is 0 Å². The van der Waals surface area contributed by atoms with Crippen LogP contribution < -0.4 is 5.32 Å². The highest BCUT2D eigenvalue weighted by molar-refractivity contribution is 7.89. The van der Waals surface area contributed by atoms with Gasteiger partial charge in [-0.1, -0.05) is 0 Å². The molecule has 0 aromatic carbocycles. The highest BCUT2D eigenvalue weighted by Crippen LogP contribution is 2.23. The van der Waals surface area contributed by atoms with Crippen molar-refractivity contribution in [3.8, 4) is 0 Å². The number of hydrogen-bond donors (Lipinski definition) is 2. The van der Waals surface area contributed by atoms with Crippen LogP contribution in [0.4, 0.5) is 0 Å². The fraction of sp³-hybridized carbons (Fsp3) is 0.769. The average molecular weight is 300 g/mol. The van der Waals surface area contributed by atoms with Crippen LogP contribution in [-0.2, 0) is 10.0 Å². The molecule has 2 rings (SSSR count). The summed E-state index contributed by atoms with van der Waals surface area (Å²) in [6.07, 6.45) is 3.47. The van der Waals surface area contributed by atoms with E-state index in [1.54, 1.807) is 11.2 Å². The van der Waals surface area contributed by atoms with Gasteiger partial charge in [0.1, 0.15) is 4.90 Å². The zero-order chi connectivity index (χ0) is 14.8. The normalized spacial score (nSPS) is 18.1. The van der Waals surface area contributed by atoms with E-state index in [-0.39, 0.29) is 6.04 Å². The zero-order valence-corrected chi connectivity index (χ0v) is 13.2. The molecule has 0 radical (unpaired) electrons. The number of hydrogen-bond acceptors (Lipinski definition) is 4. The van der Waals surface area contributed by atoms with E-state index in [2.05, 4.69) is 15.5 Å². The van der Waals surface area contributed by atoms with Gasteiger partial charge in [0, 0.05) is 12.6 Å². The Kier molecular flexibility index (Phi) is 4.82. The van der Waals surface area contributed by atoms with Gasteiger partial charge in [-0.2, -0.15) is 9.40 Å². The van der Waals surface area contributed by atoms with E-state index < -0.39 is 10.0 Å². The Labute approximate surface area is 121 Å². The third-order valence-electron chi connectivity index (χ3n) is 3.84. The molecule has 1 aliphatic rings. The highest BCUT2D eigenvalue weighted by Gasteiger charge is 2.31. The van der Waals surface area contributed by atoms with Crippen molar-refractivity contribution in [2.24, 2.45) is 5.92 Å². The van der Waals surface area contributed by atoms with Gasteiger partial charge in [-0.05, 0) is 52.6 Å². The van der Waals surface area contributed by atoms with Crippen molar-refractivity contribution in [3.05, 3.63) is 11.9 Å². The van der Waals surface area contributed by atoms with Crippen molar-refractivity contribution in [2.75, 3.05) is 19.6 Å². The highest BCUT2D eigenvalue weighted by atomic mass is 32.2. The van der Waals surface area contributed by atoms with Crippen LogP contribution >= 0.6 is 0 Å². The van der Waals surface area contributed by atoms with E-state index in [9.17, 15) is 8.42 Å². The van der Waals surface area contributed by atoms with Gasteiger partial charge in [-0.15, -0.1) is 0 Å². The van der Waals surface area contributed by atoms with Gasteiger partial charge in [0.05, 0.1) is 11.9 Å². The second-order valence-corrected chi connectivity index (χ2v) is 7.58. The van der Waals surface area contributed by atoms with Gasteiger partial charge in [0.15, 0.2) is 0 Å². The summed E-state index contributed by atoms with van der Waals surface area (Å²) in [5, 5.41) is 9.85. The van der Waals surface area contributed by atoms with Crippen molar-refractivity contribution in [1.82, 2.24) is 19.8 Å². The molecule has 114 valence electrons. The minimum atomic E-state index is -3.47. The lowest BCUT2D eigenvalue weighted by molar-refractivity contribution is 0.260.